The lowest BCUT2D eigenvalue weighted by molar-refractivity contribution is -0.0730. The van der Waals surface area contributed by atoms with Crippen LogP contribution in [0.25, 0.3) is 0 Å². The van der Waals surface area contributed by atoms with Crippen molar-refractivity contribution in [3.05, 3.63) is 34.1 Å². The highest BCUT2D eigenvalue weighted by atomic mass is 79.9. The molecule has 2 nitrogen and oxygen atoms in total. The Labute approximate surface area is 109 Å². The van der Waals surface area contributed by atoms with Crippen LogP contribution in [0.4, 0.5) is 4.39 Å². The summed E-state index contributed by atoms with van der Waals surface area (Å²) < 4.78 is 13.7. The molecule has 17 heavy (non-hydrogen) atoms. The SMILES string of the molecule is CC1(C)C(O)CC1NCc1ccc(F)cc1Br. The van der Waals surface area contributed by atoms with E-state index in [1.807, 2.05) is 0 Å². The second-order valence-electron chi connectivity index (χ2n) is 5.24. The fourth-order valence-electron chi connectivity index (χ4n) is 2.15. The topological polar surface area (TPSA) is 32.3 Å². The molecule has 4 heteroatoms. The molecule has 0 radical (unpaired) electrons. The highest BCUT2D eigenvalue weighted by Crippen LogP contribution is 2.40. The molecule has 0 heterocycles. The fraction of sp³-hybridized carbons (Fsp3) is 0.538. The number of benzene rings is 1. The second-order valence-corrected chi connectivity index (χ2v) is 6.10. The molecule has 1 aromatic carbocycles. The summed E-state index contributed by atoms with van der Waals surface area (Å²) in [5.41, 5.74) is 0.954. The van der Waals surface area contributed by atoms with Gasteiger partial charge in [-0.05, 0) is 24.1 Å². The van der Waals surface area contributed by atoms with E-state index in [-0.39, 0.29) is 17.3 Å². The molecule has 0 saturated heterocycles. The average Bonchev–Trinajstić information content (AvgIpc) is 2.26. The van der Waals surface area contributed by atoms with Gasteiger partial charge in [-0.1, -0.05) is 35.8 Å². The summed E-state index contributed by atoms with van der Waals surface area (Å²) in [5.74, 6) is -0.236. The minimum atomic E-state index is -0.236. The molecule has 2 unspecified atom stereocenters. The predicted molar refractivity (Wildman–Crippen MR) is 69.1 cm³/mol. The van der Waals surface area contributed by atoms with Crippen LogP contribution < -0.4 is 5.32 Å². The van der Waals surface area contributed by atoms with Crippen molar-refractivity contribution in [3.63, 3.8) is 0 Å². The van der Waals surface area contributed by atoms with E-state index < -0.39 is 0 Å². The largest absolute Gasteiger partial charge is 0.392 e. The number of aliphatic hydroxyl groups excluding tert-OH is 1. The van der Waals surface area contributed by atoms with Crippen molar-refractivity contribution in [3.8, 4) is 0 Å². The Morgan fingerprint density at radius 1 is 1.53 bits per heavy atom. The average molecular weight is 302 g/mol. The molecule has 1 aromatic rings. The lowest BCUT2D eigenvalue weighted by atomic mass is 9.64. The van der Waals surface area contributed by atoms with Crippen LogP contribution in [0, 0.1) is 11.2 Å². The maximum Gasteiger partial charge on any atom is 0.124 e. The molecule has 1 aliphatic rings. The van der Waals surface area contributed by atoms with E-state index in [0.717, 1.165) is 16.5 Å². The summed E-state index contributed by atoms with van der Waals surface area (Å²) >= 11 is 3.35. The number of aliphatic hydroxyl groups is 1. The Balaban J connectivity index is 1.95. The molecule has 0 spiro atoms. The molecule has 1 fully saturated rings. The van der Waals surface area contributed by atoms with Gasteiger partial charge in [0.05, 0.1) is 6.10 Å². The van der Waals surface area contributed by atoms with Crippen LogP contribution in [0.15, 0.2) is 22.7 Å². The Morgan fingerprint density at radius 2 is 2.24 bits per heavy atom. The summed E-state index contributed by atoms with van der Waals surface area (Å²) in [6, 6.07) is 5.02. The van der Waals surface area contributed by atoms with Gasteiger partial charge in [-0.3, -0.25) is 0 Å². The third-order valence-electron chi connectivity index (χ3n) is 3.77. The second kappa shape index (κ2) is 4.67. The zero-order valence-corrected chi connectivity index (χ0v) is 11.6. The summed E-state index contributed by atoms with van der Waals surface area (Å²) in [6.07, 6.45) is 0.558. The van der Waals surface area contributed by atoms with Gasteiger partial charge in [-0.15, -0.1) is 0 Å². The predicted octanol–water partition coefficient (Wildman–Crippen LogP) is 2.84. The molecule has 2 rings (SSSR count). The summed E-state index contributed by atoms with van der Waals surface area (Å²) in [7, 11) is 0. The first kappa shape index (κ1) is 13.0. The zero-order valence-electron chi connectivity index (χ0n) is 10.0. The monoisotopic (exact) mass is 301 g/mol. The van der Waals surface area contributed by atoms with Crippen LogP contribution in [-0.2, 0) is 6.54 Å². The summed E-state index contributed by atoms with van der Waals surface area (Å²) in [4.78, 5) is 0. The lowest BCUT2D eigenvalue weighted by Gasteiger charge is -2.49. The highest BCUT2D eigenvalue weighted by molar-refractivity contribution is 9.10. The summed E-state index contributed by atoms with van der Waals surface area (Å²) in [5, 5.41) is 13.0. The van der Waals surface area contributed by atoms with E-state index in [1.54, 1.807) is 6.07 Å². The van der Waals surface area contributed by atoms with Crippen LogP contribution in [0.3, 0.4) is 0 Å². The van der Waals surface area contributed by atoms with Gasteiger partial charge in [0, 0.05) is 22.5 Å². The third kappa shape index (κ3) is 2.54. The minimum Gasteiger partial charge on any atom is -0.392 e. The zero-order chi connectivity index (χ0) is 12.6. The molecule has 0 aromatic heterocycles. The first-order valence-corrected chi connectivity index (χ1v) is 6.56. The molecule has 1 saturated carbocycles. The van der Waals surface area contributed by atoms with Gasteiger partial charge in [-0.2, -0.15) is 0 Å². The van der Waals surface area contributed by atoms with E-state index in [2.05, 4.69) is 35.1 Å². The first-order chi connectivity index (χ1) is 7.91. The Hall–Kier alpha value is -0.450. The lowest BCUT2D eigenvalue weighted by Crippen LogP contribution is -2.59. The number of hydrogen-bond donors (Lipinski definition) is 2. The van der Waals surface area contributed by atoms with Crippen LogP contribution >= 0.6 is 15.9 Å². The van der Waals surface area contributed by atoms with Gasteiger partial charge in [0.15, 0.2) is 0 Å². The molecule has 94 valence electrons. The fourth-order valence-corrected chi connectivity index (χ4v) is 2.64. The van der Waals surface area contributed by atoms with E-state index >= 15 is 0 Å². The van der Waals surface area contributed by atoms with Crippen molar-refractivity contribution < 1.29 is 9.50 Å². The van der Waals surface area contributed by atoms with Crippen molar-refractivity contribution in [1.29, 1.82) is 0 Å². The number of halogens is 2. The number of nitrogens with one attached hydrogen (secondary N) is 1. The first-order valence-electron chi connectivity index (χ1n) is 5.76. The Bertz CT molecular complexity index is 422. The van der Waals surface area contributed by atoms with Gasteiger partial charge in [-0.25, -0.2) is 4.39 Å². The molecule has 0 aliphatic heterocycles. The smallest absolute Gasteiger partial charge is 0.124 e. The molecule has 2 atom stereocenters. The number of hydrogen-bond acceptors (Lipinski definition) is 2. The van der Waals surface area contributed by atoms with Gasteiger partial charge < -0.3 is 10.4 Å². The van der Waals surface area contributed by atoms with E-state index in [4.69, 9.17) is 0 Å². The van der Waals surface area contributed by atoms with Crippen molar-refractivity contribution in [2.45, 2.75) is 39.0 Å². The van der Waals surface area contributed by atoms with Gasteiger partial charge in [0.25, 0.3) is 0 Å². The Morgan fingerprint density at radius 3 is 2.76 bits per heavy atom. The van der Waals surface area contributed by atoms with Crippen molar-refractivity contribution in [2.75, 3.05) is 0 Å². The maximum atomic E-state index is 12.9. The number of rotatable bonds is 3. The van der Waals surface area contributed by atoms with E-state index in [9.17, 15) is 9.50 Å². The maximum absolute atomic E-state index is 12.9. The normalized spacial score (nSPS) is 26.6. The molecular weight excluding hydrogens is 285 g/mol. The third-order valence-corrected chi connectivity index (χ3v) is 4.51. The standard InChI is InChI=1S/C13H17BrFNO/c1-13(2)11(6-12(13)17)16-7-8-3-4-9(15)5-10(8)14/h3-5,11-12,16-17H,6-7H2,1-2H3. The van der Waals surface area contributed by atoms with Crippen LogP contribution in [0.1, 0.15) is 25.8 Å². The van der Waals surface area contributed by atoms with Crippen LogP contribution in [0.2, 0.25) is 0 Å². The molecule has 0 amide bonds. The van der Waals surface area contributed by atoms with E-state index in [1.165, 1.54) is 12.1 Å². The minimum absolute atomic E-state index is 0.0769. The molecule has 0 bridgehead atoms. The Kier molecular flexibility index (Phi) is 3.57. The van der Waals surface area contributed by atoms with Crippen LogP contribution in [0.5, 0.6) is 0 Å². The van der Waals surface area contributed by atoms with Gasteiger partial charge in [0.1, 0.15) is 5.82 Å². The quantitative estimate of drug-likeness (QED) is 0.900. The highest BCUT2D eigenvalue weighted by Gasteiger charge is 2.46. The van der Waals surface area contributed by atoms with Crippen LogP contribution in [-0.4, -0.2) is 17.3 Å². The molecule has 2 N–H and O–H groups in total. The van der Waals surface area contributed by atoms with Crippen molar-refractivity contribution >= 4 is 15.9 Å². The van der Waals surface area contributed by atoms with E-state index in [0.29, 0.717) is 12.6 Å². The molecule has 1 aliphatic carbocycles. The van der Waals surface area contributed by atoms with Crippen molar-refractivity contribution in [1.82, 2.24) is 5.32 Å². The summed E-state index contributed by atoms with van der Waals surface area (Å²) in [6.45, 7) is 4.79. The molecular formula is C13H17BrFNO. The van der Waals surface area contributed by atoms with Gasteiger partial charge in [0.2, 0.25) is 0 Å². The van der Waals surface area contributed by atoms with Gasteiger partial charge >= 0.3 is 0 Å². The van der Waals surface area contributed by atoms with Crippen molar-refractivity contribution in [2.24, 2.45) is 5.41 Å².